The number of para-hydroxylation sites is 1. The van der Waals surface area contributed by atoms with E-state index in [9.17, 15) is 9.59 Å². The van der Waals surface area contributed by atoms with Crippen LogP contribution >= 0.6 is 22.7 Å². The number of esters is 1. The van der Waals surface area contributed by atoms with Crippen LogP contribution in [0.4, 0.5) is 0 Å². The minimum absolute atomic E-state index is 0.0196. The largest absolute Gasteiger partial charge is 0.493 e. The molecule has 1 unspecified atom stereocenters. The zero-order valence-corrected chi connectivity index (χ0v) is 19.5. The first-order valence-electron chi connectivity index (χ1n) is 10.3. The molecule has 1 saturated heterocycles. The number of hydrogen-bond donors (Lipinski definition) is 0. The highest BCUT2D eigenvalue weighted by Crippen LogP contribution is 2.39. The zero-order valence-electron chi connectivity index (χ0n) is 17.9. The summed E-state index contributed by atoms with van der Waals surface area (Å²) < 4.78 is 16.4. The van der Waals surface area contributed by atoms with Gasteiger partial charge in [-0.3, -0.25) is 9.59 Å². The Morgan fingerprint density at radius 2 is 2.03 bits per heavy atom. The summed E-state index contributed by atoms with van der Waals surface area (Å²) in [6.45, 7) is 1.15. The molecular weight excluding hydrogens is 448 g/mol. The highest BCUT2D eigenvalue weighted by molar-refractivity contribution is 7.13. The van der Waals surface area contributed by atoms with Gasteiger partial charge in [-0.2, -0.15) is 0 Å². The second-order valence-corrected chi connectivity index (χ2v) is 9.17. The lowest BCUT2D eigenvalue weighted by Gasteiger charge is -2.31. The first-order chi connectivity index (χ1) is 15.6. The summed E-state index contributed by atoms with van der Waals surface area (Å²) in [5, 5.41) is 4.51. The number of rotatable bonds is 7. The van der Waals surface area contributed by atoms with Gasteiger partial charge >= 0.3 is 5.97 Å². The second-order valence-electron chi connectivity index (χ2n) is 7.36. The average Bonchev–Trinajstić information content (AvgIpc) is 3.54. The van der Waals surface area contributed by atoms with Crippen molar-refractivity contribution in [1.29, 1.82) is 0 Å². The lowest BCUT2D eigenvalue weighted by atomic mass is 9.98. The smallest absolute Gasteiger partial charge is 0.311 e. The summed E-state index contributed by atoms with van der Waals surface area (Å²) >= 11 is 2.87. The Bertz CT molecular complexity index is 1080. The van der Waals surface area contributed by atoms with Crippen LogP contribution in [-0.4, -0.2) is 49.1 Å². The number of methoxy groups -OCH3 is 2. The molecule has 32 heavy (non-hydrogen) atoms. The Morgan fingerprint density at radius 3 is 2.78 bits per heavy atom. The zero-order chi connectivity index (χ0) is 22.5. The number of amides is 1. The summed E-state index contributed by atoms with van der Waals surface area (Å²) in [6, 6.07) is 9.29. The van der Waals surface area contributed by atoms with Crippen molar-refractivity contribution in [2.24, 2.45) is 5.92 Å². The number of thiazole rings is 1. The monoisotopic (exact) mass is 472 g/mol. The maximum absolute atomic E-state index is 12.7. The van der Waals surface area contributed by atoms with Crippen LogP contribution in [0.25, 0.3) is 10.6 Å². The molecule has 168 valence electrons. The number of benzene rings is 1. The Morgan fingerprint density at radius 1 is 1.16 bits per heavy atom. The number of nitrogens with zero attached hydrogens (tertiary/aromatic N) is 2. The van der Waals surface area contributed by atoms with Gasteiger partial charge in [0.2, 0.25) is 0 Å². The van der Waals surface area contributed by atoms with Crippen molar-refractivity contribution in [1.82, 2.24) is 9.88 Å². The van der Waals surface area contributed by atoms with Crippen molar-refractivity contribution in [3.8, 4) is 22.1 Å². The van der Waals surface area contributed by atoms with E-state index in [2.05, 4.69) is 4.98 Å². The van der Waals surface area contributed by atoms with Crippen molar-refractivity contribution in [3.05, 3.63) is 51.7 Å². The fraction of sp³-hybridized carbons (Fsp3) is 0.348. The van der Waals surface area contributed by atoms with E-state index >= 15 is 0 Å². The Hall–Kier alpha value is -2.91. The number of ether oxygens (including phenoxy) is 3. The fourth-order valence-electron chi connectivity index (χ4n) is 3.73. The van der Waals surface area contributed by atoms with Crippen LogP contribution in [-0.2, 0) is 16.1 Å². The van der Waals surface area contributed by atoms with Gasteiger partial charge in [-0.15, -0.1) is 22.7 Å². The number of carbonyl (C=O) groups excluding carboxylic acids is 2. The standard InChI is InChI=1S/C23H24N2O5S2/c1-28-18-8-3-7-17(20(18)29-2)21-24-16(14-32-21)13-30-23(27)15-6-4-10-25(12-15)22(26)19-9-5-11-31-19/h3,5,7-9,11,14-15H,4,6,10,12-13H2,1-2H3. The van der Waals surface area contributed by atoms with Crippen LogP contribution in [0.5, 0.6) is 11.5 Å². The molecule has 0 aliphatic carbocycles. The number of carbonyl (C=O) groups is 2. The molecule has 1 amide bonds. The third-order valence-electron chi connectivity index (χ3n) is 5.32. The summed E-state index contributed by atoms with van der Waals surface area (Å²) in [5.41, 5.74) is 1.50. The highest BCUT2D eigenvalue weighted by Gasteiger charge is 2.30. The van der Waals surface area contributed by atoms with Crippen molar-refractivity contribution < 1.29 is 23.8 Å². The van der Waals surface area contributed by atoms with Gasteiger partial charge in [-0.25, -0.2) is 4.98 Å². The predicted molar refractivity (Wildman–Crippen MR) is 123 cm³/mol. The maximum Gasteiger partial charge on any atom is 0.311 e. The fourth-order valence-corrected chi connectivity index (χ4v) is 5.24. The van der Waals surface area contributed by atoms with E-state index in [0.29, 0.717) is 35.2 Å². The minimum Gasteiger partial charge on any atom is -0.493 e. The van der Waals surface area contributed by atoms with E-state index in [0.717, 1.165) is 23.4 Å². The van der Waals surface area contributed by atoms with E-state index in [1.165, 1.54) is 22.7 Å². The van der Waals surface area contributed by atoms with E-state index < -0.39 is 0 Å². The SMILES string of the molecule is COc1cccc(-c2nc(COC(=O)C3CCCN(C(=O)c4cccs4)C3)cs2)c1OC. The van der Waals surface area contributed by atoms with Gasteiger partial charge in [-0.05, 0) is 36.4 Å². The molecule has 9 heteroatoms. The van der Waals surface area contributed by atoms with Gasteiger partial charge in [0.15, 0.2) is 11.5 Å². The predicted octanol–water partition coefficient (Wildman–Crippen LogP) is 4.48. The Labute approximate surface area is 194 Å². The summed E-state index contributed by atoms with van der Waals surface area (Å²) in [6.07, 6.45) is 1.50. The molecule has 3 heterocycles. The lowest BCUT2D eigenvalue weighted by molar-refractivity contribution is -0.151. The van der Waals surface area contributed by atoms with Gasteiger partial charge in [0, 0.05) is 18.5 Å². The number of hydrogen-bond acceptors (Lipinski definition) is 8. The summed E-state index contributed by atoms with van der Waals surface area (Å²) in [4.78, 5) is 32.3. The Balaban J connectivity index is 1.37. The summed E-state index contributed by atoms with van der Waals surface area (Å²) in [7, 11) is 3.18. The molecule has 0 N–H and O–H groups in total. The van der Waals surface area contributed by atoms with Crippen LogP contribution in [0.1, 0.15) is 28.2 Å². The third-order valence-corrected chi connectivity index (χ3v) is 7.10. The van der Waals surface area contributed by atoms with Crippen molar-refractivity contribution >= 4 is 34.6 Å². The minimum atomic E-state index is -0.316. The lowest BCUT2D eigenvalue weighted by Crippen LogP contribution is -2.42. The molecule has 0 saturated carbocycles. The van der Waals surface area contributed by atoms with E-state index in [-0.39, 0.29) is 24.4 Å². The van der Waals surface area contributed by atoms with Gasteiger partial charge in [-0.1, -0.05) is 12.1 Å². The van der Waals surface area contributed by atoms with E-state index in [1.807, 2.05) is 41.1 Å². The molecule has 0 bridgehead atoms. The number of likely N-dealkylation sites (tertiary alicyclic amines) is 1. The van der Waals surface area contributed by atoms with Crippen LogP contribution in [0.3, 0.4) is 0 Å². The molecule has 1 aliphatic rings. The van der Waals surface area contributed by atoms with Crippen molar-refractivity contribution in [2.75, 3.05) is 27.3 Å². The Kier molecular flexibility index (Phi) is 7.06. The molecule has 1 aliphatic heterocycles. The van der Waals surface area contributed by atoms with Crippen LogP contribution in [0.2, 0.25) is 0 Å². The van der Waals surface area contributed by atoms with Gasteiger partial charge in [0.1, 0.15) is 11.6 Å². The first-order valence-corrected chi connectivity index (χ1v) is 12.0. The highest BCUT2D eigenvalue weighted by atomic mass is 32.1. The summed E-state index contributed by atoms with van der Waals surface area (Å²) in [5.74, 6) is 0.623. The van der Waals surface area contributed by atoms with Crippen LogP contribution in [0, 0.1) is 5.92 Å². The molecule has 7 nitrogen and oxygen atoms in total. The van der Waals surface area contributed by atoms with Crippen molar-refractivity contribution in [3.63, 3.8) is 0 Å². The number of thiophene rings is 1. The van der Waals surface area contributed by atoms with Gasteiger partial charge in [0.05, 0.1) is 36.3 Å². The topological polar surface area (TPSA) is 78.0 Å². The molecule has 0 radical (unpaired) electrons. The normalized spacial score (nSPS) is 15.9. The van der Waals surface area contributed by atoms with Gasteiger partial charge < -0.3 is 19.1 Å². The third kappa shape index (κ3) is 4.78. The maximum atomic E-state index is 12.7. The average molecular weight is 473 g/mol. The molecular formula is C23H24N2O5S2. The molecule has 4 rings (SSSR count). The molecule has 1 fully saturated rings. The molecule has 0 spiro atoms. The second kappa shape index (κ2) is 10.1. The van der Waals surface area contributed by atoms with Crippen molar-refractivity contribution in [2.45, 2.75) is 19.4 Å². The van der Waals surface area contributed by atoms with E-state index in [4.69, 9.17) is 14.2 Å². The number of piperidine rings is 1. The molecule has 2 aromatic heterocycles. The first kappa shape index (κ1) is 22.3. The molecule has 1 atom stereocenters. The van der Waals surface area contributed by atoms with Crippen LogP contribution in [0.15, 0.2) is 41.1 Å². The molecule has 3 aromatic rings. The van der Waals surface area contributed by atoms with Gasteiger partial charge in [0.25, 0.3) is 5.91 Å². The van der Waals surface area contributed by atoms with E-state index in [1.54, 1.807) is 19.1 Å². The molecule has 1 aromatic carbocycles. The van der Waals surface area contributed by atoms with Crippen LogP contribution < -0.4 is 9.47 Å². The quantitative estimate of drug-likeness (QED) is 0.472. The number of aromatic nitrogens is 1.